The summed E-state index contributed by atoms with van der Waals surface area (Å²) in [6, 6.07) is 8.90. The number of carbonyl (C=O) groups excluding carboxylic acids is 1. The minimum absolute atomic E-state index is 0.0252. The van der Waals surface area contributed by atoms with Crippen LogP contribution in [-0.2, 0) is 6.54 Å². The molecule has 20 heavy (non-hydrogen) atoms. The van der Waals surface area contributed by atoms with Crippen LogP contribution in [-0.4, -0.2) is 11.0 Å². The predicted molar refractivity (Wildman–Crippen MR) is 75.4 cm³/mol. The largest absolute Gasteiger partial charge is 0.508 e. The summed E-state index contributed by atoms with van der Waals surface area (Å²) in [6.45, 7) is 1.96. The minimum atomic E-state index is -0.490. The average Bonchev–Trinajstić information content (AvgIpc) is 2.43. The number of aryl methyl sites for hydroxylation is 1. The second kappa shape index (κ2) is 5.92. The van der Waals surface area contributed by atoms with E-state index in [9.17, 15) is 14.3 Å². The van der Waals surface area contributed by atoms with Crippen LogP contribution in [0, 0.1) is 12.7 Å². The van der Waals surface area contributed by atoms with Gasteiger partial charge in [-0.15, -0.1) is 0 Å². The number of nitrogens with one attached hydrogen (secondary N) is 1. The van der Waals surface area contributed by atoms with E-state index in [1.54, 1.807) is 19.1 Å². The molecule has 2 aromatic rings. The molecular weight excluding hydrogens is 281 g/mol. The number of phenols is 1. The van der Waals surface area contributed by atoms with Crippen molar-refractivity contribution in [3.63, 3.8) is 0 Å². The Labute approximate surface area is 121 Å². The number of rotatable bonds is 3. The van der Waals surface area contributed by atoms with Crippen LogP contribution < -0.4 is 5.32 Å². The molecule has 3 nitrogen and oxygen atoms in total. The van der Waals surface area contributed by atoms with Crippen LogP contribution in [0.3, 0.4) is 0 Å². The van der Waals surface area contributed by atoms with E-state index in [2.05, 4.69) is 5.32 Å². The van der Waals surface area contributed by atoms with Gasteiger partial charge in [0.25, 0.3) is 5.91 Å². The van der Waals surface area contributed by atoms with Gasteiger partial charge in [0.05, 0.1) is 5.02 Å². The van der Waals surface area contributed by atoms with Gasteiger partial charge in [-0.3, -0.25) is 4.79 Å². The Bertz CT molecular complexity index is 658. The molecule has 0 atom stereocenters. The van der Waals surface area contributed by atoms with Crippen molar-refractivity contribution in [2.75, 3.05) is 0 Å². The Morgan fingerprint density at radius 3 is 2.70 bits per heavy atom. The van der Waals surface area contributed by atoms with Gasteiger partial charge in [-0.05, 0) is 48.4 Å². The van der Waals surface area contributed by atoms with Crippen molar-refractivity contribution < 1.29 is 14.3 Å². The van der Waals surface area contributed by atoms with Crippen LogP contribution in [0.4, 0.5) is 4.39 Å². The van der Waals surface area contributed by atoms with Gasteiger partial charge in [-0.25, -0.2) is 4.39 Å². The summed E-state index contributed by atoms with van der Waals surface area (Å²) in [5.74, 6) is -0.615. The first-order valence-corrected chi connectivity index (χ1v) is 6.37. The maximum absolute atomic E-state index is 13.0. The summed E-state index contributed by atoms with van der Waals surface area (Å²) >= 11 is 5.67. The lowest BCUT2D eigenvalue weighted by molar-refractivity contribution is 0.0951. The number of benzene rings is 2. The molecule has 0 bridgehead atoms. The van der Waals surface area contributed by atoms with Crippen LogP contribution in [0.1, 0.15) is 21.5 Å². The van der Waals surface area contributed by atoms with E-state index in [0.29, 0.717) is 16.7 Å². The third kappa shape index (κ3) is 3.27. The molecule has 2 N–H and O–H groups in total. The monoisotopic (exact) mass is 293 g/mol. The molecular formula is C15H13ClFNO2. The maximum Gasteiger partial charge on any atom is 0.251 e. The third-order valence-electron chi connectivity index (χ3n) is 2.90. The molecule has 0 aromatic heterocycles. The minimum Gasteiger partial charge on any atom is -0.508 e. The van der Waals surface area contributed by atoms with Crippen molar-refractivity contribution in [2.24, 2.45) is 0 Å². The lowest BCUT2D eigenvalue weighted by Gasteiger charge is -2.07. The lowest BCUT2D eigenvalue weighted by atomic mass is 10.1. The van der Waals surface area contributed by atoms with Crippen LogP contribution in [0.5, 0.6) is 5.75 Å². The first-order valence-electron chi connectivity index (χ1n) is 5.99. The number of carbonyl (C=O) groups is 1. The topological polar surface area (TPSA) is 49.3 Å². The quantitative estimate of drug-likeness (QED) is 0.911. The number of amides is 1. The van der Waals surface area contributed by atoms with Crippen LogP contribution in [0.15, 0.2) is 36.4 Å². The molecule has 0 saturated carbocycles. The molecule has 0 heterocycles. The molecule has 0 radical (unpaired) electrons. The summed E-state index contributed by atoms with van der Waals surface area (Å²) in [4.78, 5) is 11.9. The maximum atomic E-state index is 13.0. The van der Waals surface area contributed by atoms with E-state index in [1.807, 2.05) is 0 Å². The molecule has 0 aliphatic rings. The second-order valence-corrected chi connectivity index (χ2v) is 4.84. The molecule has 1 amide bonds. The van der Waals surface area contributed by atoms with Crippen molar-refractivity contribution in [3.8, 4) is 5.75 Å². The average molecular weight is 294 g/mol. The van der Waals surface area contributed by atoms with E-state index in [1.165, 1.54) is 24.3 Å². The fourth-order valence-electron chi connectivity index (χ4n) is 1.73. The van der Waals surface area contributed by atoms with E-state index < -0.39 is 5.82 Å². The highest BCUT2D eigenvalue weighted by Crippen LogP contribution is 2.18. The summed E-state index contributed by atoms with van der Waals surface area (Å²) in [7, 11) is 0. The SMILES string of the molecule is Cc1cc(C(=O)NCc2ccc(F)c(Cl)c2)ccc1O. The summed E-state index contributed by atoms with van der Waals surface area (Å²) < 4.78 is 13.0. The fraction of sp³-hybridized carbons (Fsp3) is 0.133. The van der Waals surface area contributed by atoms with E-state index in [-0.39, 0.29) is 23.2 Å². The first-order chi connectivity index (χ1) is 9.47. The van der Waals surface area contributed by atoms with E-state index >= 15 is 0 Å². The molecule has 0 saturated heterocycles. The molecule has 0 unspecified atom stereocenters. The number of phenolic OH excluding ortho intramolecular Hbond substituents is 1. The second-order valence-electron chi connectivity index (χ2n) is 4.43. The van der Waals surface area contributed by atoms with Gasteiger partial charge in [-0.2, -0.15) is 0 Å². The summed E-state index contributed by atoms with van der Waals surface area (Å²) in [5, 5.41) is 12.1. The van der Waals surface area contributed by atoms with Crippen molar-refractivity contribution in [1.29, 1.82) is 0 Å². The number of halogens is 2. The Hall–Kier alpha value is -2.07. The highest BCUT2D eigenvalue weighted by molar-refractivity contribution is 6.30. The zero-order chi connectivity index (χ0) is 14.7. The zero-order valence-electron chi connectivity index (χ0n) is 10.8. The smallest absolute Gasteiger partial charge is 0.251 e. The Morgan fingerprint density at radius 2 is 2.05 bits per heavy atom. The third-order valence-corrected chi connectivity index (χ3v) is 3.19. The molecule has 2 aromatic carbocycles. The Balaban J connectivity index is 2.04. The van der Waals surface area contributed by atoms with Gasteiger partial charge >= 0.3 is 0 Å². The summed E-state index contributed by atoms with van der Waals surface area (Å²) in [6.07, 6.45) is 0. The van der Waals surface area contributed by atoms with E-state index in [4.69, 9.17) is 11.6 Å². The highest BCUT2D eigenvalue weighted by atomic mass is 35.5. The number of hydrogen-bond acceptors (Lipinski definition) is 2. The van der Waals surface area contributed by atoms with E-state index in [0.717, 1.165) is 0 Å². The fourth-order valence-corrected chi connectivity index (χ4v) is 1.93. The lowest BCUT2D eigenvalue weighted by Crippen LogP contribution is -2.22. The Morgan fingerprint density at radius 1 is 1.30 bits per heavy atom. The molecule has 0 aliphatic heterocycles. The van der Waals surface area contributed by atoms with Crippen LogP contribution in [0.2, 0.25) is 5.02 Å². The van der Waals surface area contributed by atoms with Gasteiger partial charge in [0.15, 0.2) is 0 Å². The predicted octanol–water partition coefficient (Wildman–Crippen LogP) is 3.42. The molecule has 5 heteroatoms. The van der Waals surface area contributed by atoms with Gasteiger partial charge in [-0.1, -0.05) is 17.7 Å². The number of hydrogen-bond donors (Lipinski definition) is 2. The van der Waals surface area contributed by atoms with Gasteiger partial charge in [0, 0.05) is 12.1 Å². The zero-order valence-corrected chi connectivity index (χ0v) is 11.5. The Kier molecular flexibility index (Phi) is 4.25. The van der Waals surface area contributed by atoms with Gasteiger partial charge in [0.1, 0.15) is 11.6 Å². The molecule has 0 fully saturated rings. The number of aromatic hydroxyl groups is 1. The first kappa shape index (κ1) is 14.3. The van der Waals surface area contributed by atoms with Crippen molar-refractivity contribution in [1.82, 2.24) is 5.32 Å². The van der Waals surface area contributed by atoms with Crippen molar-refractivity contribution in [2.45, 2.75) is 13.5 Å². The van der Waals surface area contributed by atoms with Crippen molar-refractivity contribution >= 4 is 17.5 Å². The standard InChI is InChI=1S/C15H13ClFNO2/c1-9-6-11(3-5-14(9)19)15(20)18-8-10-2-4-13(17)12(16)7-10/h2-7,19H,8H2,1H3,(H,18,20). The summed E-state index contributed by atoms with van der Waals surface area (Å²) in [5.41, 5.74) is 1.79. The molecule has 0 aliphatic carbocycles. The molecule has 2 rings (SSSR count). The highest BCUT2D eigenvalue weighted by Gasteiger charge is 2.08. The van der Waals surface area contributed by atoms with Gasteiger partial charge in [0.2, 0.25) is 0 Å². The molecule has 104 valence electrons. The van der Waals surface area contributed by atoms with Crippen molar-refractivity contribution in [3.05, 3.63) is 63.9 Å². The van der Waals surface area contributed by atoms with Crippen LogP contribution in [0.25, 0.3) is 0 Å². The van der Waals surface area contributed by atoms with Crippen LogP contribution >= 0.6 is 11.6 Å². The van der Waals surface area contributed by atoms with Gasteiger partial charge < -0.3 is 10.4 Å². The normalized spacial score (nSPS) is 10.3. The molecule has 0 spiro atoms.